The molecule has 3 aromatic rings. The molecule has 0 aliphatic heterocycles. The van der Waals surface area contributed by atoms with Gasteiger partial charge >= 0.3 is 0 Å². The molecule has 0 radical (unpaired) electrons. The first kappa shape index (κ1) is 12.2. The highest BCUT2D eigenvalue weighted by molar-refractivity contribution is 7.15. The second-order valence-electron chi connectivity index (χ2n) is 4.00. The van der Waals surface area contributed by atoms with Crippen LogP contribution in [0.2, 0.25) is 5.02 Å². The lowest BCUT2D eigenvalue weighted by molar-refractivity contribution is 0.990. The van der Waals surface area contributed by atoms with Gasteiger partial charge in [0.15, 0.2) is 4.96 Å². The average Bonchev–Trinajstić information content (AvgIpc) is 2.87. The van der Waals surface area contributed by atoms with Gasteiger partial charge in [-0.15, -0.1) is 11.3 Å². The zero-order valence-electron chi connectivity index (χ0n) is 9.84. The molecule has 0 spiro atoms. The molecule has 2 aromatic heterocycles. The van der Waals surface area contributed by atoms with E-state index in [0.29, 0.717) is 16.5 Å². The van der Waals surface area contributed by atoms with Gasteiger partial charge in [-0.25, -0.2) is 4.98 Å². The molecule has 1 N–H and O–H groups in total. The van der Waals surface area contributed by atoms with Crippen molar-refractivity contribution in [2.45, 2.75) is 6.54 Å². The second kappa shape index (κ2) is 5.03. The number of rotatable bonds is 3. The Hall–Kier alpha value is -1.85. The number of benzene rings is 1. The Morgan fingerprint density at radius 1 is 1.32 bits per heavy atom. The topological polar surface area (TPSA) is 46.4 Å². The van der Waals surface area contributed by atoms with Crippen LogP contribution in [-0.2, 0) is 6.54 Å². The average molecular weight is 292 g/mol. The quantitative estimate of drug-likeness (QED) is 0.807. The minimum atomic E-state index is -0.0563. The number of aromatic nitrogens is 2. The molecule has 4 nitrogen and oxygen atoms in total. The largest absolute Gasteiger partial charge is 0.379 e. The maximum Gasteiger partial charge on any atom is 0.258 e. The van der Waals surface area contributed by atoms with Crippen LogP contribution in [0.3, 0.4) is 0 Å². The third-order valence-corrected chi connectivity index (χ3v) is 3.68. The summed E-state index contributed by atoms with van der Waals surface area (Å²) in [4.78, 5) is 16.9. The molecule has 0 bridgehead atoms. The first-order valence-corrected chi connectivity index (χ1v) is 6.93. The summed E-state index contributed by atoms with van der Waals surface area (Å²) in [5.41, 5.74) is 1.61. The smallest absolute Gasteiger partial charge is 0.258 e. The monoisotopic (exact) mass is 291 g/mol. The summed E-state index contributed by atoms with van der Waals surface area (Å²) in [5.74, 6) is 0. The number of thiazole rings is 1. The third-order valence-electron chi connectivity index (χ3n) is 2.67. The van der Waals surface area contributed by atoms with Gasteiger partial charge in [0.1, 0.15) is 0 Å². The van der Waals surface area contributed by atoms with Crippen LogP contribution in [0, 0.1) is 0 Å². The van der Waals surface area contributed by atoms with E-state index in [1.807, 2.05) is 29.6 Å². The number of halogens is 1. The standard InChI is InChI=1S/C13H10ClN3OS/c14-9-1-3-10(4-2-9)15-8-11-7-12(18)17-5-6-19-13(17)16-11/h1-7,15H,8H2. The van der Waals surface area contributed by atoms with Gasteiger partial charge in [0.05, 0.1) is 12.2 Å². The summed E-state index contributed by atoms with van der Waals surface area (Å²) in [5, 5.41) is 5.75. The predicted octanol–water partition coefficient (Wildman–Crippen LogP) is 3.02. The van der Waals surface area contributed by atoms with E-state index in [4.69, 9.17) is 11.6 Å². The van der Waals surface area contributed by atoms with E-state index in [1.54, 1.807) is 12.3 Å². The molecular formula is C13H10ClN3OS. The summed E-state index contributed by atoms with van der Waals surface area (Å²) in [6.07, 6.45) is 1.73. The minimum Gasteiger partial charge on any atom is -0.379 e. The summed E-state index contributed by atoms with van der Waals surface area (Å²) in [7, 11) is 0. The number of hydrogen-bond acceptors (Lipinski definition) is 4. The fraction of sp³-hybridized carbons (Fsp3) is 0.0769. The van der Waals surface area contributed by atoms with E-state index >= 15 is 0 Å². The SMILES string of the molecule is O=c1cc(CNc2ccc(Cl)cc2)nc2sccn12. The van der Waals surface area contributed by atoms with Crippen molar-refractivity contribution in [2.24, 2.45) is 0 Å². The van der Waals surface area contributed by atoms with Gasteiger partial charge in [-0.1, -0.05) is 11.6 Å². The Morgan fingerprint density at radius 2 is 2.11 bits per heavy atom. The fourth-order valence-electron chi connectivity index (χ4n) is 1.74. The van der Waals surface area contributed by atoms with Crippen molar-refractivity contribution in [3.8, 4) is 0 Å². The molecule has 0 amide bonds. The molecule has 0 fully saturated rings. The van der Waals surface area contributed by atoms with Crippen molar-refractivity contribution in [3.63, 3.8) is 0 Å². The molecule has 0 atom stereocenters. The molecule has 2 heterocycles. The summed E-state index contributed by atoms with van der Waals surface area (Å²) >= 11 is 7.27. The second-order valence-corrected chi connectivity index (χ2v) is 5.31. The van der Waals surface area contributed by atoms with Crippen LogP contribution in [0.15, 0.2) is 46.7 Å². The normalized spacial score (nSPS) is 10.8. The van der Waals surface area contributed by atoms with E-state index in [0.717, 1.165) is 11.4 Å². The molecule has 1 aromatic carbocycles. The highest BCUT2D eigenvalue weighted by atomic mass is 35.5. The summed E-state index contributed by atoms with van der Waals surface area (Å²) in [6.45, 7) is 0.505. The maximum atomic E-state index is 11.8. The minimum absolute atomic E-state index is 0.0563. The third kappa shape index (κ3) is 2.62. The van der Waals surface area contributed by atoms with E-state index < -0.39 is 0 Å². The molecule has 0 aliphatic carbocycles. The van der Waals surface area contributed by atoms with Crippen molar-refractivity contribution in [2.75, 3.05) is 5.32 Å². The lowest BCUT2D eigenvalue weighted by atomic mass is 10.3. The number of anilines is 1. The fourth-order valence-corrected chi connectivity index (χ4v) is 2.60. The van der Waals surface area contributed by atoms with Crippen LogP contribution in [0.5, 0.6) is 0 Å². The van der Waals surface area contributed by atoms with Gasteiger partial charge in [0, 0.05) is 28.4 Å². The lowest BCUT2D eigenvalue weighted by Gasteiger charge is -2.05. The van der Waals surface area contributed by atoms with Gasteiger partial charge in [-0.2, -0.15) is 0 Å². The molecule has 96 valence electrons. The van der Waals surface area contributed by atoms with Crippen LogP contribution in [0.1, 0.15) is 5.69 Å². The van der Waals surface area contributed by atoms with Crippen molar-refractivity contribution in [3.05, 3.63) is 63.0 Å². The van der Waals surface area contributed by atoms with Gasteiger partial charge in [0.2, 0.25) is 0 Å². The van der Waals surface area contributed by atoms with E-state index in [-0.39, 0.29) is 5.56 Å². The van der Waals surface area contributed by atoms with Crippen molar-refractivity contribution >= 4 is 33.6 Å². The number of fused-ring (bicyclic) bond motifs is 1. The zero-order valence-corrected chi connectivity index (χ0v) is 11.4. The Morgan fingerprint density at radius 3 is 2.89 bits per heavy atom. The van der Waals surface area contributed by atoms with Crippen molar-refractivity contribution < 1.29 is 0 Å². The van der Waals surface area contributed by atoms with Crippen molar-refractivity contribution in [1.82, 2.24) is 9.38 Å². The Kier molecular flexibility index (Phi) is 3.23. The molecule has 0 unspecified atom stereocenters. The molecule has 19 heavy (non-hydrogen) atoms. The Bertz CT molecular complexity index is 763. The molecule has 3 rings (SSSR count). The molecule has 6 heteroatoms. The predicted molar refractivity (Wildman–Crippen MR) is 78.1 cm³/mol. The van der Waals surface area contributed by atoms with Gasteiger partial charge in [-0.3, -0.25) is 9.20 Å². The lowest BCUT2D eigenvalue weighted by Crippen LogP contribution is -2.14. The first-order chi connectivity index (χ1) is 9.22. The van der Waals surface area contributed by atoms with Crippen LogP contribution >= 0.6 is 22.9 Å². The van der Waals surface area contributed by atoms with Crippen LogP contribution in [-0.4, -0.2) is 9.38 Å². The van der Waals surface area contributed by atoms with Gasteiger partial charge in [0.25, 0.3) is 5.56 Å². The van der Waals surface area contributed by atoms with Crippen LogP contribution < -0.4 is 10.9 Å². The van der Waals surface area contributed by atoms with Crippen LogP contribution in [0.4, 0.5) is 5.69 Å². The number of nitrogens with zero attached hydrogens (tertiary/aromatic N) is 2. The molecule has 0 saturated carbocycles. The molecular weight excluding hydrogens is 282 g/mol. The van der Waals surface area contributed by atoms with E-state index in [2.05, 4.69) is 10.3 Å². The Balaban J connectivity index is 1.81. The summed E-state index contributed by atoms with van der Waals surface area (Å²) < 4.78 is 1.54. The summed E-state index contributed by atoms with van der Waals surface area (Å²) in [6, 6.07) is 8.95. The van der Waals surface area contributed by atoms with Crippen molar-refractivity contribution in [1.29, 1.82) is 0 Å². The highest BCUT2D eigenvalue weighted by Crippen LogP contribution is 2.14. The first-order valence-electron chi connectivity index (χ1n) is 5.67. The van der Waals surface area contributed by atoms with Gasteiger partial charge < -0.3 is 5.32 Å². The molecule has 0 saturated heterocycles. The molecule has 0 aliphatic rings. The Labute approximate surface area is 118 Å². The van der Waals surface area contributed by atoms with E-state index in [9.17, 15) is 4.79 Å². The number of nitrogens with one attached hydrogen (secondary N) is 1. The van der Waals surface area contributed by atoms with Gasteiger partial charge in [-0.05, 0) is 24.3 Å². The maximum absolute atomic E-state index is 11.8. The zero-order chi connectivity index (χ0) is 13.2. The highest BCUT2D eigenvalue weighted by Gasteiger charge is 2.03. The van der Waals surface area contributed by atoms with Crippen LogP contribution in [0.25, 0.3) is 4.96 Å². The van der Waals surface area contributed by atoms with E-state index in [1.165, 1.54) is 15.7 Å². The number of hydrogen-bond donors (Lipinski definition) is 1.